The van der Waals surface area contributed by atoms with Crippen LogP contribution in [0.2, 0.25) is 0 Å². The van der Waals surface area contributed by atoms with Crippen LogP contribution in [0.15, 0.2) is 47.2 Å². The number of halogens is 1. The molecule has 0 aliphatic heterocycles. The number of hydrogen-bond acceptors (Lipinski definition) is 3. The van der Waals surface area contributed by atoms with Crippen LogP contribution in [-0.4, -0.2) is 9.97 Å². The van der Waals surface area contributed by atoms with Crippen molar-refractivity contribution in [2.45, 2.75) is 6.54 Å². The van der Waals surface area contributed by atoms with Crippen molar-refractivity contribution in [1.29, 1.82) is 0 Å². The smallest absolute Gasteiger partial charge is 0.140 e. The highest BCUT2D eigenvalue weighted by Gasteiger charge is 1.99. The monoisotopic (exact) mass is 263 g/mol. The molecular weight excluding hydrogens is 254 g/mol. The molecule has 0 saturated heterocycles. The zero-order valence-corrected chi connectivity index (χ0v) is 9.61. The van der Waals surface area contributed by atoms with E-state index in [0.29, 0.717) is 6.54 Å². The molecule has 0 unspecified atom stereocenters. The topological polar surface area (TPSA) is 37.8 Å². The minimum Gasteiger partial charge on any atom is -0.363 e. The Bertz CT molecular complexity index is 431. The molecule has 0 spiro atoms. The van der Waals surface area contributed by atoms with Crippen LogP contribution in [0.5, 0.6) is 0 Å². The molecule has 0 aliphatic carbocycles. The van der Waals surface area contributed by atoms with Gasteiger partial charge in [0, 0.05) is 12.4 Å². The first-order valence-corrected chi connectivity index (χ1v) is 5.40. The molecule has 3 nitrogen and oxygen atoms in total. The van der Waals surface area contributed by atoms with E-state index in [1.807, 2.05) is 30.3 Å². The van der Waals surface area contributed by atoms with Crippen LogP contribution in [0.1, 0.15) is 5.69 Å². The lowest BCUT2D eigenvalue weighted by Gasteiger charge is -2.05. The van der Waals surface area contributed by atoms with Gasteiger partial charge in [-0.05, 0) is 40.2 Å². The van der Waals surface area contributed by atoms with Crippen molar-refractivity contribution in [2.75, 3.05) is 5.32 Å². The molecule has 2 aromatic heterocycles. The summed E-state index contributed by atoms with van der Waals surface area (Å²) in [4.78, 5) is 8.43. The number of rotatable bonds is 3. The average Bonchev–Trinajstić information content (AvgIpc) is 2.29. The van der Waals surface area contributed by atoms with Gasteiger partial charge in [-0.15, -0.1) is 0 Å². The predicted octanol–water partition coefficient (Wildman–Crippen LogP) is 2.85. The van der Waals surface area contributed by atoms with Crippen LogP contribution in [0.25, 0.3) is 0 Å². The van der Waals surface area contributed by atoms with Crippen molar-refractivity contribution in [1.82, 2.24) is 9.97 Å². The van der Waals surface area contributed by atoms with E-state index in [-0.39, 0.29) is 0 Å². The van der Waals surface area contributed by atoms with E-state index in [9.17, 15) is 0 Å². The normalized spacial score (nSPS) is 9.93. The molecule has 1 N–H and O–H groups in total. The molecule has 0 saturated carbocycles. The van der Waals surface area contributed by atoms with Crippen LogP contribution < -0.4 is 5.32 Å². The van der Waals surface area contributed by atoms with E-state index in [2.05, 4.69) is 31.2 Å². The standard InChI is InChI=1S/C11H10BrN3/c12-10-5-3-7-14-11(10)15-8-9-4-1-2-6-13-9/h1-7H,8H2,(H,14,15). The van der Waals surface area contributed by atoms with Crippen LogP contribution in [-0.2, 0) is 6.54 Å². The summed E-state index contributed by atoms with van der Waals surface area (Å²) in [6.07, 6.45) is 3.54. The summed E-state index contributed by atoms with van der Waals surface area (Å²) < 4.78 is 0.959. The molecule has 0 bridgehead atoms. The van der Waals surface area contributed by atoms with Crippen molar-refractivity contribution in [3.63, 3.8) is 0 Å². The molecule has 2 rings (SSSR count). The zero-order chi connectivity index (χ0) is 10.5. The summed E-state index contributed by atoms with van der Waals surface area (Å²) in [5.41, 5.74) is 0.995. The average molecular weight is 264 g/mol. The minimum absolute atomic E-state index is 0.677. The number of pyridine rings is 2. The maximum absolute atomic E-state index is 4.22. The number of anilines is 1. The highest BCUT2D eigenvalue weighted by molar-refractivity contribution is 9.10. The number of aromatic nitrogens is 2. The second kappa shape index (κ2) is 4.89. The fraction of sp³-hybridized carbons (Fsp3) is 0.0909. The van der Waals surface area contributed by atoms with Gasteiger partial charge in [0.05, 0.1) is 16.7 Å². The second-order valence-corrected chi connectivity index (χ2v) is 3.86. The van der Waals surface area contributed by atoms with Gasteiger partial charge in [0.15, 0.2) is 0 Å². The van der Waals surface area contributed by atoms with Gasteiger partial charge >= 0.3 is 0 Å². The Morgan fingerprint density at radius 3 is 2.67 bits per heavy atom. The van der Waals surface area contributed by atoms with Gasteiger partial charge in [0.2, 0.25) is 0 Å². The van der Waals surface area contributed by atoms with E-state index >= 15 is 0 Å². The Balaban J connectivity index is 2.03. The fourth-order valence-corrected chi connectivity index (χ4v) is 1.59. The molecule has 0 atom stereocenters. The Morgan fingerprint density at radius 1 is 1.07 bits per heavy atom. The fourth-order valence-electron chi connectivity index (χ4n) is 1.19. The molecule has 0 amide bonds. The van der Waals surface area contributed by atoms with E-state index in [4.69, 9.17) is 0 Å². The Kier molecular flexibility index (Phi) is 3.29. The largest absolute Gasteiger partial charge is 0.363 e. The van der Waals surface area contributed by atoms with Gasteiger partial charge in [0.25, 0.3) is 0 Å². The predicted molar refractivity (Wildman–Crippen MR) is 63.5 cm³/mol. The van der Waals surface area contributed by atoms with Gasteiger partial charge in [-0.1, -0.05) is 6.07 Å². The first-order valence-electron chi connectivity index (χ1n) is 4.60. The molecular formula is C11H10BrN3. The van der Waals surface area contributed by atoms with E-state index in [0.717, 1.165) is 16.0 Å². The van der Waals surface area contributed by atoms with Crippen LogP contribution >= 0.6 is 15.9 Å². The van der Waals surface area contributed by atoms with Gasteiger partial charge in [-0.2, -0.15) is 0 Å². The van der Waals surface area contributed by atoms with Crippen LogP contribution in [0.3, 0.4) is 0 Å². The molecule has 2 heterocycles. The first-order chi connectivity index (χ1) is 7.36. The lowest BCUT2D eigenvalue weighted by atomic mass is 10.3. The summed E-state index contributed by atoms with van der Waals surface area (Å²) in [5.74, 6) is 0.836. The number of nitrogens with zero attached hydrogens (tertiary/aromatic N) is 2. The Hall–Kier alpha value is -1.42. The van der Waals surface area contributed by atoms with E-state index in [1.165, 1.54) is 0 Å². The molecule has 4 heteroatoms. The summed E-state index contributed by atoms with van der Waals surface area (Å²) >= 11 is 3.42. The highest BCUT2D eigenvalue weighted by atomic mass is 79.9. The molecule has 0 fully saturated rings. The minimum atomic E-state index is 0.677. The van der Waals surface area contributed by atoms with Crippen LogP contribution in [0.4, 0.5) is 5.82 Å². The van der Waals surface area contributed by atoms with Gasteiger partial charge in [-0.3, -0.25) is 4.98 Å². The van der Waals surface area contributed by atoms with Gasteiger partial charge in [-0.25, -0.2) is 4.98 Å². The number of nitrogens with one attached hydrogen (secondary N) is 1. The van der Waals surface area contributed by atoms with E-state index in [1.54, 1.807) is 12.4 Å². The Morgan fingerprint density at radius 2 is 1.93 bits per heavy atom. The van der Waals surface area contributed by atoms with Crippen molar-refractivity contribution >= 4 is 21.7 Å². The van der Waals surface area contributed by atoms with E-state index < -0.39 is 0 Å². The Labute approximate surface area is 96.7 Å². The van der Waals surface area contributed by atoms with Crippen molar-refractivity contribution in [2.24, 2.45) is 0 Å². The third-order valence-electron chi connectivity index (χ3n) is 1.92. The van der Waals surface area contributed by atoms with Crippen molar-refractivity contribution < 1.29 is 0 Å². The van der Waals surface area contributed by atoms with Crippen molar-refractivity contribution in [3.8, 4) is 0 Å². The lowest BCUT2D eigenvalue weighted by Crippen LogP contribution is -2.03. The van der Waals surface area contributed by atoms with Crippen LogP contribution in [0, 0.1) is 0 Å². The molecule has 76 valence electrons. The molecule has 0 aliphatic rings. The first kappa shape index (κ1) is 10.1. The summed E-state index contributed by atoms with van der Waals surface area (Å²) in [7, 11) is 0. The SMILES string of the molecule is Brc1cccnc1NCc1ccccn1. The zero-order valence-electron chi connectivity index (χ0n) is 8.02. The maximum atomic E-state index is 4.22. The molecule has 0 radical (unpaired) electrons. The second-order valence-electron chi connectivity index (χ2n) is 3.01. The van der Waals surface area contributed by atoms with Crippen molar-refractivity contribution in [3.05, 3.63) is 52.9 Å². The lowest BCUT2D eigenvalue weighted by molar-refractivity contribution is 1.03. The molecule has 15 heavy (non-hydrogen) atoms. The third kappa shape index (κ3) is 2.76. The summed E-state index contributed by atoms with van der Waals surface area (Å²) in [6.45, 7) is 0.677. The van der Waals surface area contributed by atoms with Gasteiger partial charge < -0.3 is 5.32 Å². The summed E-state index contributed by atoms with van der Waals surface area (Å²) in [5, 5.41) is 3.21. The number of hydrogen-bond donors (Lipinski definition) is 1. The third-order valence-corrected chi connectivity index (χ3v) is 2.56. The van der Waals surface area contributed by atoms with Gasteiger partial charge in [0.1, 0.15) is 5.82 Å². The summed E-state index contributed by atoms with van der Waals surface area (Å²) in [6, 6.07) is 9.69. The maximum Gasteiger partial charge on any atom is 0.140 e. The molecule has 0 aromatic carbocycles. The molecule has 2 aromatic rings. The highest BCUT2D eigenvalue weighted by Crippen LogP contribution is 2.18. The quantitative estimate of drug-likeness (QED) is 0.926.